The predicted molar refractivity (Wildman–Crippen MR) is 86.7 cm³/mol. The second kappa shape index (κ2) is 6.94. The van der Waals surface area contributed by atoms with Crippen molar-refractivity contribution in [2.24, 2.45) is 7.05 Å². The smallest absolute Gasteiger partial charge is 0.225 e. The number of aliphatic hydroxyl groups is 1. The number of fused-ring (bicyclic) bond motifs is 1. The number of nitrogens with zero attached hydrogens (tertiary/aromatic N) is 1. The number of nitrogens with one attached hydrogen (secondary N) is 1. The molecule has 2 N–H and O–H groups in total. The quantitative estimate of drug-likeness (QED) is 0.817. The summed E-state index contributed by atoms with van der Waals surface area (Å²) in [5.74, 6) is -0.0654. The van der Waals surface area contributed by atoms with Crippen LogP contribution in [0.1, 0.15) is 18.9 Å². The Morgan fingerprint density at radius 2 is 2.14 bits per heavy atom. The Morgan fingerprint density at radius 1 is 1.41 bits per heavy atom. The number of ether oxygens (including phenoxy) is 1. The van der Waals surface area contributed by atoms with E-state index in [2.05, 4.69) is 5.32 Å². The van der Waals surface area contributed by atoms with Crippen molar-refractivity contribution in [1.29, 1.82) is 0 Å². The van der Waals surface area contributed by atoms with Crippen molar-refractivity contribution in [3.8, 4) is 0 Å². The summed E-state index contributed by atoms with van der Waals surface area (Å²) in [4.78, 5) is 12.4. The highest BCUT2D eigenvalue weighted by Crippen LogP contribution is 2.21. The van der Waals surface area contributed by atoms with E-state index in [9.17, 15) is 4.79 Å². The van der Waals surface area contributed by atoms with Gasteiger partial charge in [-0.2, -0.15) is 0 Å². The van der Waals surface area contributed by atoms with Crippen LogP contribution in [-0.2, 0) is 23.0 Å². The number of aliphatic hydroxyl groups excluding tert-OH is 1. The maximum atomic E-state index is 12.4. The Morgan fingerprint density at radius 3 is 2.82 bits per heavy atom. The molecule has 1 unspecified atom stereocenters. The molecule has 2 aromatic rings. The third-order valence-corrected chi connectivity index (χ3v) is 3.90. The van der Waals surface area contributed by atoms with E-state index in [1.54, 1.807) is 7.11 Å². The summed E-state index contributed by atoms with van der Waals surface area (Å²) >= 11 is 0. The van der Waals surface area contributed by atoms with Gasteiger partial charge in [0, 0.05) is 37.9 Å². The van der Waals surface area contributed by atoms with Gasteiger partial charge in [-0.15, -0.1) is 0 Å². The predicted octanol–water partition coefficient (Wildman–Crippen LogP) is 1.62. The fourth-order valence-electron chi connectivity index (χ4n) is 2.86. The fraction of sp³-hybridized carbons (Fsp3) is 0.471. The van der Waals surface area contributed by atoms with E-state index in [0.29, 0.717) is 19.4 Å². The standard InChI is InChI=1S/C17H24N2O3/c1-17(8-9-20,12-22-3)18-16(21)10-13-11-19(2)15-7-5-4-6-14(13)15/h4-7,11,20H,8-10,12H2,1-3H3,(H,18,21). The van der Waals surface area contributed by atoms with E-state index in [1.165, 1.54) is 0 Å². The number of aromatic nitrogens is 1. The second-order valence-electron chi connectivity index (χ2n) is 5.97. The number of amides is 1. The number of aryl methyl sites for hydroxylation is 1. The number of para-hydroxylation sites is 1. The minimum atomic E-state index is -0.550. The van der Waals surface area contributed by atoms with Crippen molar-refractivity contribution < 1.29 is 14.6 Å². The molecule has 0 fully saturated rings. The second-order valence-corrected chi connectivity index (χ2v) is 5.97. The lowest BCUT2D eigenvalue weighted by molar-refractivity contribution is -0.123. The molecule has 0 aliphatic carbocycles. The average molecular weight is 304 g/mol. The van der Waals surface area contributed by atoms with Crippen molar-refractivity contribution in [3.63, 3.8) is 0 Å². The van der Waals surface area contributed by atoms with E-state index in [4.69, 9.17) is 9.84 Å². The molecule has 120 valence electrons. The lowest BCUT2D eigenvalue weighted by atomic mass is 9.98. The number of carbonyl (C=O) groups is 1. The van der Waals surface area contributed by atoms with Crippen LogP contribution in [0, 0.1) is 0 Å². The van der Waals surface area contributed by atoms with Gasteiger partial charge >= 0.3 is 0 Å². The summed E-state index contributed by atoms with van der Waals surface area (Å²) in [5, 5.41) is 13.2. The Labute approximate surface area is 130 Å². The molecule has 5 nitrogen and oxygen atoms in total. The highest BCUT2D eigenvalue weighted by molar-refractivity contribution is 5.89. The fourth-order valence-corrected chi connectivity index (χ4v) is 2.86. The van der Waals surface area contributed by atoms with Crippen molar-refractivity contribution in [1.82, 2.24) is 9.88 Å². The van der Waals surface area contributed by atoms with Crippen molar-refractivity contribution in [2.45, 2.75) is 25.3 Å². The highest BCUT2D eigenvalue weighted by Gasteiger charge is 2.26. The zero-order chi connectivity index (χ0) is 16.2. The van der Waals surface area contributed by atoms with Gasteiger partial charge < -0.3 is 19.7 Å². The van der Waals surface area contributed by atoms with Crippen LogP contribution in [-0.4, -0.2) is 41.4 Å². The normalized spacial score (nSPS) is 14.0. The molecule has 1 aromatic heterocycles. The van der Waals surface area contributed by atoms with E-state index in [0.717, 1.165) is 16.5 Å². The molecular weight excluding hydrogens is 280 g/mol. The number of hydrogen-bond donors (Lipinski definition) is 2. The zero-order valence-electron chi connectivity index (χ0n) is 13.4. The van der Waals surface area contributed by atoms with Gasteiger partial charge in [0.25, 0.3) is 0 Å². The SMILES string of the molecule is COCC(C)(CCO)NC(=O)Cc1cn(C)c2ccccc12. The first-order valence-electron chi connectivity index (χ1n) is 7.43. The molecule has 2 rings (SSSR count). The van der Waals surface area contributed by atoms with Gasteiger partial charge in [-0.1, -0.05) is 18.2 Å². The molecular formula is C17H24N2O3. The molecule has 5 heteroatoms. The summed E-state index contributed by atoms with van der Waals surface area (Å²) < 4.78 is 7.18. The van der Waals surface area contributed by atoms with Gasteiger partial charge in [-0.25, -0.2) is 0 Å². The summed E-state index contributed by atoms with van der Waals surface area (Å²) in [6.45, 7) is 2.26. The molecule has 0 bridgehead atoms. The molecule has 0 saturated heterocycles. The Bertz CT molecular complexity index is 642. The minimum absolute atomic E-state index is 0.00834. The first-order chi connectivity index (χ1) is 10.5. The first kappa shape index (κ1) is 16.5. The third-order valence-electron chi connectivity index (χ3n) is 3.90. The molecule has 0 aliphatic rings. The van der Waals surface area contributed by atoms with E-state index >= 15 is 0 Å². The van der Waals surface area contributed by atoms with Crippen molar-refractivity contribution >= 4 is 16.8 Å². The largest absolute Gasteiger partial charge is 0.396 e. The van der Waals surface area contributed by atoms with Gasteiger partial charge in [-0.3, -0.25) is 4.79 Å². The number of methoxy groups -OCH3 is 1. The first-order valence-corrected chi connectivity index (χ1v) is 7.43. The molecule has 0 spiro atoms. The van der Waals surface area contributed by atoms with Gasteiger partial charge in [-0.05, 0) is 25.0 Å². The van der Waals surface area contributed by atoms with E-state index in [-0.39, 0.29) is 12.5 Å². The third kappa shape index (κ3) is 3.67. The molecule has 1 amide bonds. The van der Waals surface area contributed by atoms with E-state index < -0.39 is 5.54 Å². The summed E-state index contributed by atoms with van der Waals surface area (Å²) in [6.07, 6.45) is 2.76. The van der Waals surface area contributed by atoms with E-state index in [1.807, 2.05) is 49.0 Å². The molecule has 0 radical (unpaired) electrons. The zero-order valence-corrected chi connectivity index (χ0v) is 13.4. The number of hydrogen-bond acceptors (Lipinski definition) is 3. The maximum absolute atomic E-state index is 12.4. The summed E-state index contributed by atoms with van der Waals surface area (Å²) in [7, 11) is 3.57. The Balaban J connectivity index is 2.13. The molecule has 1 aromatic carbocycles. The van der Waals surface area contributed by atoms with Crippen LogP contribution in [0.25, 0.3) is 10.9 Å². The highest BCUT2D eigenvalue weighted by atomic mass is 16.5. The topological polar surface area (TPSA) is 63.5 Å². The monoisotopic (exact) mass is 304 g/mol. The van der Waals surface area contributed by atoms with Gasteiger partial charge in [0.15, 0.2) is 0 Å². The molecule has 1 heterocycles. The molecule has 0 aliphatic heterocycles. The molecule has 0 saturated carbocycles. The van der Waals surface area contributed by atoms with Gasteiger partial charge in [0.2, 0.25) is 5.91 Å². The maximum Gasteiger partial charge on any atom is 0.225 e. The van der Waals surface area contributed by atoms with Crippen molar-refractivity contribution in [3.05, 3.63) is 36.0 Å². The van der Waals surface area contributed by atoms with Gasteiger partial charge in [0.05, 0.1) is 18.6 Å². The number of rotatable bonds is 7. The molecule has 22 heavy (non-hydrogen) atoms. The van der Waals surface area contributed by atoms with Crippen LogP contribution in [0.5, 0.6) is 0 Å². The van der Waals surface area contributed by atoms with Crippen LogP contribution in [0.3, 0.4) is 0 Å². The molecule has 1 atom stereocenters. The van der Waals surface area contributed by atoms with Crippen LogP contribution in [0.15, 0.2) is 30.5 Å². The number of carbonyl (C=O) groups excluding carboxylic acids is 1. The van der Waals surface area contributed by atoms with Crippen LogP contribution in [0.2, 0.25) is 0 Å². The summed E-state index contributed by atoms with van der Waals surface area (Å²) in [6, 6.07) is 8.03. The van der Waals surface area contributed by atoms with Gasteiger partial charge in [0.1, 0.15) is 0 Å². The average Bonchev–Trinajstić information content (AvgIpc) is 2.76. The van der Waals surface area contributed by atoms with Crippen LogP contribution in [0.4, 0.5) is 0 Å². The van der Waals surface area contributed by atoms with Crippen LogP contribution >= 0.6 is 0 Å². The number of benzene rings is 1. The van der Waals surface area contributed by atoms with Crippen LogP contribution < -0.4 is 5.32 Å². The Kier molecular flexibility index (Phi) is 5.21. The Hall–Kier alpha value is -1.85. The summed E-state index contributed by atoms with van der Waals surface area (Å²) in [5.41, 5.74) is 1.56. The van der Waals surface area contributed by atoms with Crippen molar-refractivity contribution in [2.75, 3.05) is 20.3 Å². The lowest BCUT2D eigenvalue weighted by Crippen LogP contribution is -2.50. The lowest BCUT2D eigenvalue weighted by Gasteiger charge is -2.29. The minimum Gasteiger partial charge on any atom is -0.396 e.